The van der Waals surface area contributed by atoms with E-state index < -0.39 is 0 Å². The van der Waals surface area contributed by atoms with Gasteiger partial charge < -0.3 is 14.8 Å². The van der Waals surface area contributed by atoms with Crippen LogP contribution in [0.25, 0.3) is 0 Å². The Hall–Kier alpha value is -0.740. The van der Waals surface area contributed by atoms with Crippen LogP contribution in [-0.4, -0.2) is 21.3 Å². The maximum atomic E-state index is 5.31. The molecular formula is C12H18BrNO2. The summed E-state index contributed by atoms with van der Waals surface area (Å²) in [5.41, 5.74) is 1.03. The van der Waals surface area contributed by atoms with Crippen LogP contribution < -0.4 is 14.8 Å². The number of nitrogens with one attached hydrogen (secondary N) is 1. The average Bonchev–Trinajstić information content (AvgIpc) is 2.27. The molecule has 0 radical (unpaired) electrons. The predicted molar refractivity (Wildman–Crippen MR) is 69.3 cm³/mol. The second-order valence-corrected chi connectivity index (χ2v) is 4.92. The van der Waals surface area contributed by atoms with Crippen LogP contribution in [0.4, 0.5) is 0 Å². The fraction of sp³-hybridized carbons (Fsp3) is 0.500. The van der Waals surface area contributed by atoms with E-state index in [1.165, 1.54) is 0 Å². The molecule has 0 unspecified atom stereocenters. The van der Waals surface area contributed by atoms with Crippen molar-refractivity contribution in [2.75, 3.05) is 21.3 Å². The molecule has 0 aliphatic heterocycles. The molecule has 0 aromatic heterocycles. The molecule has 0 saturated carbocycles. The van der Waals surface area contributed by atoms with E-state index in [1.807, 2.05) is 19.2 Å². The van der Waals surface area contributed by atoms with Gasteiger partial charge in [0.25, 0.3) is 0 Å². The molecule has 0 aliphatic rings. The molecule has 0 saturated heterocycles. The van der Waals surface area contributed by atoms with Gasteiger partial charge in [0.15, 0.2) is 11.5 Å². The molecule has 1 N–H and O–H groups in total. The van der Waals surface area contributed by atoms with E-state index in [9.17, 15) is 0 Å². The quantitative estimate of drug-likeness (QED) is 0.924. The van der Waals surface area contributed by atoms with Crippen LogP contribution in [0, 0.1) is 0 Å². The SMILES string of the molecule is CNC(C)(C)c1cc(Br)c(OC)c(OC)c1. The van der Waals surface area contributed by atoms with Gasteiger partial charge in [0.2, 0.25) is 0 Å². The summed E-state index contributed by atoms with van der Waals surface area (Å²) >= 11 is 3.49. The zero-order valence-corrected chi connectivity index (χ0v) is 11.9. The Morgan fingerprint density at radius 2 is 1.81 bits per heavy atom. The van der Waals surface area contributed by atoms with E-state index in [4.69, 9.17) is 9.47 Å². The number of halogens is 1. The van der Waals surface area contributed by atoms with Crippen molar-refractivity contribution >= 4 is 15.9 Å². The molecule has 0 heterocycles. The van der Waals surface area contributed by atoms with Gasteiger partial charge in [-0.15, -0.1) is 0 Å². The Morgan fingerprint density at radius 3 is 2.25 bits per heavy atom. The summed E-state index contributed by atoms with van der Waals surface area (Å²) in [5.74, 6) is 1.45. The minimum Gasteiger partial charge on any atom is -0.493 e. The van der Waals surface area contributed by atoms with Crippen LogP contribution in [0.2, 0.25) is 0 Å². The highest BCUT2D eigenvalue weighted by atomic mass is 79.9. The molecule has 0 atom stereocenters. The zero-order valence-electron chi connectivity index (χ0n) is 10.3. The van der Waals surface area contributed by atoms with Crippen LogP contribution in [0.15, 0.2) is 16.6 Å². The minimum absolute atomic E-state index is 0.109. The first-order valence-electron chi connectivity index (χ1n) is 5.07. The van der Waals surface area contributed by atoms with E-state index in [2.05, 4.69) is 35.1 Å². The molecule has 0 amide bonds. The standard InChI is InChI=1S/C12H18BrNO2/c1-12(2,14-3)8-6-9(13)11(16-5)10(7-8)15-4/h6-7,14H,1-5H3. The first kappa shape index (κ1) is 13.3. The Bertz CT molecular complexity index is 378. The van der Waals surface area contributed by atoms with Crippen molar-refractivity contribution in [1.29, 1.82) is 0 Å². The average molecular weight is 288 g/mol. The molecule has 0 aliphatic carbocycles. The van der Waals surface area contributed by atoms with Crippen molar-refractivity contribution in [1.82, 2.24) is 5.32 Å². The molecule has 0 spiro atoms. The van der Waals surface area contributed by atoms with Gasteiger partial charge in [-0.1, -0.05) is 0 Å². The first-order valence-corrected chi connectivity index (χ1v) is 5.86. The number of ether oxygens (including phenoxy) is 2. The second-order valence-electron chi connectivity index (χ2n) is 4.07. The number of hydrogen-bond donors (Lipinski definition) is 1. The van der Waals surface area contributed by atoms with Crippen molar-refractivity contribution in [3.63, 3.8) is 0 Å². The van der Waals surface area contributed by atoms with Crippen molar-refractivity contribution in [2.24, 2.45) is 0 Å². The first-order chi connectivity index (χ1) is 7.46. The third kappa shape index (κ3) is 2.50. The molecule has 0 fully saturated rings. The number of hydrogen-bond acceptors (Lipinski definition) is 3. The van der Waals surface area contributed by atoms with Crippen LogP contribution in [0.1, 0.15) is 19.4 Å². The van der Waals surface area contributed by atoms with Crippen LogP contribution in [0.5, 0.6) is 11.5 Å². The molecule has 1 aromatic rings. The fourth-order valence-electron chi connectivity index (χ4n) is 1.42. The van der Waals surface area contributed by atoms with Gasteiger partial charge >= 0.3 is 0 Å². The fourth-order valence-corrected chi connectivity index (χ4v) is 2.03. The maximum absolute atomic E-state index is 5.31. The third-order valence-electron chi connectivity index (χ3n) is 2.78. The molecule has 0 bridgehead atoms. The van der Waals surface area contributed by atoms with Crippen molar-refractivity contribution in [3.8, 4) is 11.5 Å². The molecule has 90 valence electrons. The van der Waals surface area contributed by atoms with E-state index in [-0.39, 0.29) is 5.54 Å². The van der Waals surface area contributed by atoms with Crippen molar-refractivity contribution in [2.45, 2.75) is 19.4 Å². The maximum Gasteiger partial charge on any atom is 0.174 e. The summed E-state index contributed by atoms with van der Waals surface area (Å²) in [6.45, 7) is 4.22. The summed E-state index contributed by atoms with van der Waals surface area (Å²) in [7, 11) is 5.20. The van der Waals surface area contributed by atoms with Crippen molar-refractivity contribution in [3.05, 3.63) is 22.2 Å². The Kier molecular flexibility index (Phi) is 4.21. The molecular weight excluding hydrogens is 270 g/mol. The summed E-state index contributed by atoms with van der Waals surface area (Å²) < 4.78 is 11.5. The van der Waals surface area contributed by atoms with Gasteiger partial charge in [0.1, 0.15) is 0 Å². The second kappa shape index (κ2) is 5.06. The monoisotopic (exact) mass is 287 g/mol. The van der Waals surface area contributed by atoms with E-state index in [0.717, 1.165) is 21.5 Å². The lowest BCUT2D eigenvalue weighted by Crippen LogP contribution is -2.33. The van der Waals surface area contributed by atoms with Crippen LogP contribution in [-0.2, 0) is 5.54 Å². The highest BCUT2D eigenvalue weighted by Gasteiger charge is 2.21. The third-order valence-corrected chi connectivity index (χ3v) is 3.37. The molecule has 16 heavy (non-hydrogen) atoms. The van der Waals surface area contributed by atoms with Crippen LogP contribution >= 0.6 is 15.9 Å². The Balaban J connectivity index is 3.31. The van der Waals surface area contributed by atoms with Gasteiger partial charge in [-0.25, -0.2) is 0 Å². The minimum atomic E-state index is -0.109. The smallest absolute Gasteiger partial charge is 0.174 e. The highest BCUT2D eigenvalue weighted by Crippen LogP contribution is 2.38. The summed E-state index contributed by atoms with van der Waals surface area (Å²) in [5, 5.41) is 3.26. The molecule has 3 nitrogen and oxygen atoms in total. The normalized spacial score (nSPS) is 11.4. The van der Waals surface area contributed by atoms with Gasteiger partial charge in [-0.3, -0.25) is 0 Å². The van der Waals surface area contributed by atoms with Crippen molar-refractivity contribution < 1.29 is 9.47 Å². The van der Waals surface area contributed by atoms with Gasteiger partial charge in [-0.2, -0.15) is 0 Å². The Morgan fingerprint density at radius 1 is 1.19 bits per heavy atom. The lowest BCUT2D eigenvalue weighted by molar-refractivity contribution is 0.350. The molecule has 1 aromatic carbocycles. The number of methoxy groups -OCH3 is 2. The van der Waals surface area contributed by atoms with E-state index >= 15 is 0 Å². The topological polar surface area (TPSA) is 30.5 Å². The van der Waals surface area contributed by atoms with Crippen LogP contribution in [0.3, 0.4) is 0 Å². The predicted octanol–water partition coefficient (Wildman–Crippen LogP) is 2.92. The Labute approximate surface area is 105 Å². The molecule has 4 heteroatoms. The summed E-state index contributed by atoms with van der Waals surface area (Å²) in [6, 6.07) is 4.03. The largest absolute Gasteiger partial charge is 0.493 e. The highest BCUT2D eigenvalue weighted by molar-refractivity contribution is 9.10. The van der Waals surface area contributed by atoms with Gasteiger partial charge in [-0.05, 0) is 54.5 Å². The lowest BCUT2D eigenvalue weighted by Gasteiger charge is -2.26. The van der Waals surface area contributed by atoms with E-state index in [1.54, 1.807) is 14.2 Å². The number of benzene rings is 1. The van der Waals surface area contributed by atoms with Gasteiger partial charge in [0, 0.05) is 5.54 Å². The molecule has 1 rings (SSSR count). The number of rotatable bonds is 4. The summed E-state index contributed by atoms with van der Waals surface area (Å²) in [4.78, 5) is 0. The summed E-state index contributed by atoms with van der Waals surface area (Å²) in [6.07, 6.45) is 0. The van der Waals surface area contributed by atoms with Gasteiger partial charge in [0.05, 0.1) is 18.7 Å². The lowest BCUT2D eigenvalue weighted by atomic mass is 9.94. The van der Waals surface area contributed by atoms with E-state index in [0.29, 0.717) is 0 Å². The zero-order chi connectivity index (χ0) is 12.3.